The summed E-state index contributed by atoms with van der Waals surface area (Å²) in [6.45, 7) is 6.75. The first-order valence-corrected chi connectivity index (χ1v) is 12.1. The number of carbonyl (C=O) groups is 2. The van der Waals surface area contributed by atoms with Crippen molar-refractivity contribution in [3.05, 3.63) is 59.0 Å². The average molecular weight is 478 g/mol. The minimum atomic E-state index is -0.446. The van der Waals surface area contributed by atoms with Crippen molar-refractivity contribution in [2.75, 3.05) is 37.6 Å². The lowest BCUT2D eigenvalue weighted by molar-refractivity contribution is -0.115. The molecule has 7 nitrogen and oxygen atoms in total. The van der Waals surface area contributed by atoms with Crippen molar-refractivity contribution in [1.29, 1.82) is 0 Å². The number of fused-ring (bicyclic) bond motifs is 1. The number of amides is 2. The molecule has 5 rings (SSSR count). The predicted molar refractivity (Wildman–Crippen MR) is 133 cm³/mol. The number of piperazine rings is 1. The molecule has 34 heavy (non-hydrogen) atoms. The zero-order valence-corrected chi connectivity index (χ0v) is 19.6. The summed E-state index contributed by atoms with van der Waals surface area (Å²) < 4.78 is 15.2. The molecule has 2 aromatic carbocycles. The molecule has 3 aromatic rings. The van der Waals surface area contributed by atoms with Crippen LogP contribution in [0.1, 0.15) is 19.0 Å². The second kappa shape index (κ2) is 9.52. The molecule has 2 amide bonds. The topological polar surface area (TPSA) is 78.4 Å². The zero-order valence-electron chi connectivity index (χ0n) is 18.8. The lowest BCUT2D eigenvalue weighted by atomic mass is 10.0. The number of imide groups is 1. The monoisotopic (exact) mass is 477 g/mol. The van der Waals surface area contributed by atoms with Crippen molar-refractivity contribution in [3.63, 3.8) is 0 Å². The minimum absolute atomic E-state index is 0.262. The van der Waals surface area contributed by atoms with Crippen LogP contribution >= 0.6 is 11.8 Å². The van der Waals surface area contributed by atoms with Crippen LogP contribution in [0.2, 0.25) is 0 Å². The van der Waals surface area contributed by atoms with Gasteiger partial charge < -0.3 is 4.90 Å². The van der Waals surface area contributed by atoms with Crippen molar-refractivity contribution in [2.24, 2.45) is 0 Å². The van der Waals surface area contributed by atoms with Crippen LogP contribution in [0.25, 0.3) is 28.2 Å². The SMILES string of the molecule is CCCN1CCN(c2ccc(-c3cccc4ncc(C=C5SC(=O)NC5=O)nc34)cc2F)CC1. The largest absolute Gasteiger partial charge is 0.367 e. The molecule has 2 aliphatic rings. The molecule has 0 unspecified atom stereocenters. The van der Waals surface area contributed by atoms with E-state index in [1.54, 1.807) is 12.3 Å². The molecule has 1 aromatic heterocycles. The van der Waals surface area contributed by atoms with E-state index in [9.17, 15) is 9.59 Å². The van der Waals surface area contributed by atoms with E-state index in [2.05, 4.69) is 32.0 Å². The number of benzene rings is 2. The summed E-state index contributed by atoms with van der Waals surface area (Å²) in [5.41, 5.74) is 3.80. The zero-order chi connectivity index (χ0) is 23.7. The van der Waals surface area contributed by atoms with E-state index in [-0.39, 0.29) is 10.7 Å². The van der Waals surface area contributed by atoms with E-state index >= 15 is 4.39 Å². The number of nitrogens with zero attached hydrogens (tertiary/aromatic N) is 4. The maximum absolute atomic E-state index is 15.2. The highest BCUT2D eigenvalue weighted by molar-refractivity contribution is 8.18. The highest BCUT2D eigenvalue weighted by atomic mass is 32.2. The van der Waals surface area contributed by atoms with Crippen LogP contribution in [0.4, 0.5) is 14.9 Å². The summed E-state index contributed by atoms with van der Waals surface area (Å²) in [5, 5.41) is 1.82. The summed E-state index contributed by atoms with van der Waals surface area (Å²) in [7, 11) is 0. The van der Waals surface area contributed by atoms with Gasteiger partial charge in [-0.25, -0.2) is 9.37 Å². The Labute approximate surface area is 201 Å². The number of hydrogen-bond acceptors (Lipinski definition) is 7. The summed E-state index contributed by atoms with van der Waals surface area (Å²) in [5.74, 6) is -0.708. The summed E-state index contributed by atoms with van der Waals surface area (Å²) >= 11 is 0.831. The Morgan fingerprint density at radius 2 is 1.97 bits per heavy atom. The molecule has 2 saturated heterocycles. The standard InChI is InChI=1S/C25H24FN5O2S/c1-2-8-30-9-11-31(12-10-30)21-7-6-16(13-19(21)26)18-4-3-5-20-23(18)28-17(15-27-20)14-22-24(32)29-25(33)34-22/h3-7,13-15H,2,8-12H2,1H3,(H,29,32,33). The summed E-state index contributed by atoms with van der Waals surface area (Å²) in [6, 6.07) is 10.9. The number of thioether (sulfide) groups is 1. The number of carbonyl (C=O) groups excluding carboxylic acids is 2. The number of para-hydroxylation sites is 1. The smallest absolute Gasteiger partial charge is 0.290 e. The molecule has 0 radical (unpaired) electrons. The molecule has 2 fully saturated rings. The fraction of sp³-hybridized carbons (Fsp3) is 0.280. The van der Waals surface area contributed by atoms with Crippen LogP contribution in [0.3, 0.4) is 0 Å². The van der Waals surface area contributed by atoms with Gasteiger partial charge in [0.15, 0.2) is 0 Å². The lowest BCUT2D eigenvalue weighted by Gasteiger charge is -2.36. The summed E-state index contributed by atoms with van der Waals surface area (Å²) in [4.78, 5) is 37.2. The molecule has 2 aliphatic heterocycles. The first kappa shape index (κ1) is 22.5. The third-order valence-corrected chi connectivity index (χ3v) is 6.83. The molecular weight excluding hydrogens is 453 g/mol. The maximum atomic E-state index is 15.2. The fourth-order valence-corrected chi connectivity index (χ4v) is 5.03. The van der Waals surface area contributed by atoms with E-state index in [1.807, 2.05) is 30.3 Å². The molecule has 1 N–H and O–H groups in total. The molecule has 0 saturated carbocycles. The van der Waals surface area contributed by atoms with E-state index in [4.69, 9.17) is 0 Å². The highest BCUT2D eigenvalue weighted by Crippen LogP contribution is 2.32. The van der Waals surface area contributed by atoms with Gasteiger partial charge in [-0.15, -0.1) is 0 Å². The van der Waals surface area contributed by atoms with Crippen LogP contribution in [-0.4, -0.2) is 58.7 Å². The molecule has 3 heterocycles. The fourth-order valence-electron chi connectivity index (χ4n) is 4.36. The molecule has 0 aliphatic carbocycles. The van der Waals surface area contributed by atoms with Gasteiger partial charge in [0.25, 0.3) is 11.1 Å². The highest BCUT2D eigenvalue weighted by Gasteiger charge is 2.25. The molecule has 0 spiro atoms. The molecular formula is C25H24FN5O2S. The third kappa shape index (κ3) is 4.53. The first-order chi connectivity index (χ1) is 16.5. The number of anilines is 1. The van der Waals surface area contributed by atoms with Gasteiger partial charge in [0.05, 0.1) is 33.5 Å². The van der Waals surface area contributed by atoms with Gasteiger partial charge in [-0.05, 0) is 54.6 Å². The Hall–Kier alpha value is -3.30. The van der Waals surface area contributed by atoms with Crippen LogP contribution < -0.4 is 10.2 Å². The predicted octanol–water partition coefficient (Wildman–Crippen LogP) is 4.29. The minimum Gasteiger partial charge on any atom is -0.367 e. The van der Waals surface area contributed by atoms with E-state index in [0.29, 0.717) is 28.0 Å². The van der Waals surface area contributed by atoms with Gasteiger partial charge in [0, 0.05) is 31.7 Å². The Morgan fingerprint density at radius 1 is 1.15 bits per heavy atom. The Kier molecular flexibility index (Phi) is 6.30. The van der Waals surface area contributed by atoms with Gasteiger partial charge in [-0.3, -0.25) is 24.8 Å². The van der Waals surface area contributed by atoms with Crippen LogP contribution in [0, 0.1) is 5.82 Å². The van der Waals surface area contributed by atoms with E-state index in [0.717, 1.165) is 56.5 Å². The maximum Gasteiger partial charge on any atom is 0.290 e. The van der Waals surface area contributed by atoms with Crippen LogP contribution in [0.15, 0.2) is 47.5 Å². The van der Waals surface area contributed by atoms with Crippen molar-refractivity contribution >= 4 is 45.7 Å². The van der Waals surface area contributed by atoms with Gasteiger partial charge in [-0.1, -0.05) is 25.1 Å². The van der Waals surface area contributed by atoms with E-state index < -0.39 is 11.1 Å². The second-order valence-electron chi connectivity index (χ2n) is 8.32. The molecule has 174 valence electrons. The van der Waals surface area contributed by atoms with Crippen LogP contribution in [-0.2, 0) is 4.79 Å². The quantitative estimate of drug-likeness (QED) is 0.549. The van der Waals surface area contributed by atoms with E-state index in [1.165, 1.54) is 6.08 Å². The third-order valence-electron chi connectivity index (χ3n) is 6.02. The Morgan fingerprint density at radius 3 is 2.68 bits per heavy atom. The molecule has 0 bridgehead atoms. The van der Waals surface area contributed by atoms with Crippen molar-refractivity contribution in [2.45, 2.75) is 13.3 Å². The van der Waals surface area contributed by atoms with Crippen LogP contribution in [0.5, 0.6) is 0 Å². The van der Waals surface area contributed by atoms with Gasteiger partial charge in [0.1, 0.15) is 5.82 Å². The van der Waals surface area contributed by atoms with Gasteiger partial charge in [0.2, 0.25) is 0 Å². The van der Waals surface area contributed by atoms with Gasteiger partial charge >= 0.3 is 0 Å². The molecule has 0 atom stereocenters. The number of halogens is 1. The Bertz CT molecular complexity index is 1300. The van der Waals surface area contributed by atoms with Crippen molar-refractivity contribution in [1.82, 2.24) is 20.2 Å². The van der Waals surface area contributed by atoms with Crippen molar-refractivity contribution in [3.8, 4) is 11.1 Å². The lowest BCUT2D eigenvalue weighted by Crippen LogP contribution is -2.46. The Balaban J connectivity index is 1.45. The molecule has 9 heteroatoms. The van der Waals surface area contributed by atoms with Gasteiger partial charge in [-0.2, -0.15) is 0 Å². The summed E-state index contributed by atoms with van der Waals surface area (Å²) in [6.07, 6.45) is 4.22. The second-order valence-corrected chi connectivity index (χ2v) is 9.33. The first-order valence-electron chi connectivity index (χ1n) is 11.3. The number of nitrogens with one attached hydrogen (secondary N) is 1. The normalized spacial score (nSPS) is 18.2. The number of hydrogen-bond donors (Lipinski definition) is 1. The number of aromatic nitrogens is 2. The average Bonchev–Trinajstić information content (AvgIpc) is 3.15. The van der Waals surface area contributed by atoms with Crippen molar-refractivity contribution < 1.29 is 14.0 Å². The number of rotatable bonds is 5.